The van der Waals surface area contributed by atoms with Crippen LogP contribution in [0, 0.1) is 0 Å². The van der Waals surface area contributed by atoms with Gasteiger partial charge in [0.15, 0.2) is 0 Å². The summed E-state index contributed by atoms with van der Waals surface area (Å²) in [6.07, 6.45) is 4.32. The second-order valence-corrected chi connectivity index (χ2v) is 5.35. The number of rotatable bonds is 4. The van der Waals surface area contributed by atoms with Crippen molar-refractivity contribution < 1.29 is 4.79 Å². The van der Waals surface area contributed by atoms with Crippen molar-refractivity contribution in [2.45, 2.75) is 6.42 Å². The molecule has 0 atom stereocenters. The molecule has 0 saturated carbocycles. The van der Waals surface area contributed by atoms with Crippen LogP contribution < -0.4 is 5.32 Å². The van der Waals surface area contributed by atoms with E-state index in [1.54, 1.807) is 24.4 Å². The number of aryl methyl sites for hydroxylation is 1. The fourth-order valence-electron chi connectivity index (χ4n) is 1.66. The lowest BCUT2D eigenvalue weighted by Crippen LogP contribution is -2.26. The number of nitrogens with zero attached hydrogens (tertiary/aromatic N) is 2. The Morgan fingerprint density at radius 2 is 2.32 bits per heavy atom. The highest BCUT2D eigenvalue weighted by Gasteiger charge is 2.08. The first kappa shape index (κ1) is 14.1. The van der Waals surface area contributed by atoms with Crippen LogP contribution in [0.4, 0.5) is 0 Å². The van der Waals surface area contributed by atoms with E-state index in [0.29, 0.717) is 23.6 Å². The summed E-state index contributed by atoms with van der Waals surface area (Å²) >= 11 is 9.24. The Morgan fingerprint density at radius 1 is 1.53 bits per heavy atom. The molecule has 0 aliphatic carbocycles. The minimum atomic E-state index is -0.136. The molecule has 0 radical (unpaired) electrons. The predicted molar refractivity (Wildman–Crippen MR) is 78.4 cm³/mol. The third-order valence-electron chi connectivity index (χ3n) is 2.74. The lowest BCUT2D eigenvalue weighted by molar-refractivity contribution is 0.0954. The largest absolute Gasteiger partial charge is 0.352 e. The van der Waals surface area contributed by atoms with Crippen molar-refractivity contribution in [2.24, 2.45) is 7.05 Å². The molecule has 100 valence electrons. The molecular formula is C13H13BrClN3O. The average Bonchev–Trinajstić information content (AvgIpc) is 2.78. The molecule has 0 unspecified atom stereocenters. The van der Waals surface area contributed by atoms with Gasteiger partial charge >= 0.3 is 0 Å². The first-order valence-corrected chi connectivity index (χ1v) is 6.94. The third-order valence-corrected chi connectivity index (χ3v) is 3.97. The standard InChI is InChI=1S/C13H13BrClN3O/c1-18-7-6-16-12(18)4-5-17-13(19)9-2-3-10(14)11(15)8-9/h2-3,6-8H,4-5H2,1H3,(H,17,19). The molecule has 6 heteroatoms. The van der Waals surface area contributed by atoms with Crippen LogP contribution in [0.3, 0.4) is 0 Å². The van der Waals surface area contributed by atoms with E-state index in [1.807, 2.05) is 17.8 Å². The van der Waals surface area contributed by atoms with E-state index >= 15 is 0 Å². The van der Waals surface area contributed by atoms with Gasteiger partial charge in [0.25, 0.3) is 5.91 Å². The van der Waals surface area contributed by atoms with Gasteiger partial charge in [-0.1, -0.05) is 11.6 Å². The van der Waals surface area contributed by atoms with Crippen molar-refractivity contribution in [3.05, 3.63) is 51.5 Å². The number of hydrogen-bond acceptors (Lipinski definition) is 2. The van der Waals surface area contributed by atoms with Crippen LogP contribution in [-0.2, 0) is 13.5 Å². The van der Waals surface area contributed by atoms with Gasteiger partial charge < -0.3 is 9.88 Å². The summed E-state index contributed by atoms with van der Waals surface area (Å²) < 4.78 is 2.71. The molecule has 2 aromatic rings. The summed E-state index contributed by atoms with van der Waals surface area (Å²) in [5.74, 6) is 0.803. The minimum Gasteiger partial charge on any atom is -0.352 e. The average molecular weight is 343 g/mol. The smallest absolute Gasteiger partial charge is 0.251 e. The van der Waals surface area contributed by atoms with Gasteiger partial charge in [0.2, 0.25) is 0 Å². The Labute approximate surface area is 124 Å². The molecule has 2 rings (SSSR count). The number of nitrogens with one attached hydrogen (secondary N) is 1. The van der Waals surface area contributed by atoms with E-state index in [9.17, 15) is 4.79 Å². The summed E-state index contributed by atoms with van der Waals surface area (Å²) in [5, 5.41) is 3.37. The molecule has 0 bridgehead atoms. The monoisotopic (exact) mass is 341 g/mol. The number of aromatic nitrogens is 2. The number of amides is 1. The molecule has 0 aliphatic heterocycles. The SMILES string of the molecule is Cn1ccnc1CCNC(=O)c1ccc(Br)c(Cl)c1. The molecule has 1 aromatic heterocycles. The van der Waals surface area contributed by atoms with Gasteiger partial charge in [-0.05, 0) is 34.1 Å². The van der Waals surface area contributed by atoms with Crippen LogP contribution in [-0.4, -0.2) is 22.0 Å². The highest BCUT2D eigenvalue weighted by Crippen LogP contribution is 2.23. The van der Waals surface area contributed by atoms with Crippen molar-refractivity contribution >= 4 is 33.4 Å². The molecule has 0 spiro atoms. The van der Waals surface area contributed by atoms with Gasteiger partial charge in [0.1, 0.15) is 5.82 Å². The fraction of sp³-hybridized carbons (Fsp3) is 0.231. The zero-order chi connectivity index (χ0) is 13.8. The maximum atomic E-state index is 11.9. The summed E-state index contributed by atoms with van der Waals surface area (Å²) in [4.78, 5) is 16.1. The Balaban J connectivity index is 1.91. The first-order valence-electron chi connectivity index (χ1n) is 5.77. The number of imidazole rings is 1. The Hall–Kier alpha value is -1.33. The summed E-state index contributed by atoms with van der Waals surface area (Å²) in [5.41, 5.74) is 0.549. The van der Waals surface area contributed by atoms with Gasteiger partial charge in [-0.2, -0.15) is 0 Å². The maximum absolute atomic E-state index is 11.9. The quantitative estimate of drug-likeness (QED) is 0.929. The summed E-state index contributed by atoms with van der Waals surface area (Å²) in [7, 11) is 1.93. The highest BCUT2D eigenvalue weighted by molar-refractivity contribution is 9.10. The molecule has 1 heterocycles. The minimum absolute atomic E-state index is 0.136. The number of carbonyl (C=O) groups excluding carboxylic acids is 1. The van der Waals surface area contributed by atoms with E-state index in [0.717, 1.165) is 10.3 Å². The van der Waals surface area contributed by atoms with Gasteiger partial charge in [0.05, 0.1) is 5.02 Å². The zero-order valence-corrected chi connectivity index (χ0v) is 12.7. The van der Waals surface area contributed by atoms with Crippen molar-refractivity contribution in [3.63, 3.8) is 0 Å². The Bertz CT molecular complexity index is 597. The lowest BCUT2D eigenvalue weighted by Gasteiger charge is -2.06. The molecule has 19 heavy (non-hydrogen) atoms. The highest BCUT2D eigenvalue weighted by atomic mass is 79.9. The van der Waals surface area contributed by atoms with Crippen molar-refractivity contribution in [3.8, 4) is 0 Å². The van der Waals surface area contributed by atoms with E-state index in [2.05, 4.69) is 26.2 Å². The summed E-state index contributed by atoms with van der Waals surface area (Å²) in [6, 6.07) is 5.13. The molecule has 1 amide bonds. The zero-order valence-electron chi connectivity index (χ0n) is 10.4. The first-order chi connectivity index (χ1) is 9.08. The number of halogens is 2. The Kier molecular flexibility index (Phi) is 4.61. The predicted octanol–water partition coefficient (Wildman–Crippen LogP) is 2.81. The lowest BCUT2D eigenvalue weighted by atomic mass is 10.2. The molecular weight excluding hydrogens is 330 g/mol. The van der Waals surface area contributed by atoms with Crippen LogP contribution in [0.2, 0.25) is 5.02 Å². The molecule has 1 aromatic carbocycles. The number of hydrogen-bond donors (Lipinski definition) is 1. The topological polar surface area (TPSA) is 46.9 Å². The van der Waals surface area contributed by atoms with Gasteiger partial charge in [-0.25, -0.2) is 4.98 Å². The van der Waals surface area contributed by atoms with Crippen LogP contribution >= 0.6 is 27.5 Å². The molecule has 0 aliphatic rings. The number of carbonyl (C=O) groups is 1. The van der Waals surface area contributed by atoms with Crippen LogP contribution in [0.1, 0.15) is 16.2 Å². The molecule has 0 saturated heterocycles. The second-order valence-electron chi connectivity index (χ2n) is 4.09. The van der Waals surface area contributed by atoms with E-state index in [4.69, 9.17) is 11.6 Å². The van der Waals surface area contributed by atoms with E-state index < -0.39 is 0 Å². The summed E-state index contributed by atoms with van der Waals surface area (Å²) in [6.45, 7) is 0.539. The molecule has 4 nitrogen and oxygen atoms in total. The van der Waals surface area contributed by atoms with E-state index in [1.165, 1.54) is 0 Å². The van der Waals surface area contributed by atoms with Crippen molar-refractivity contribution in [1.82, 2.24) is 14.9 Å². The van der Waals surface area contributed by atoms with Crippen molar-refractivity contribution in [1.29, 1.82) is 0 Å². The maximum Gasteiger partial charge on any atom is 0.251 e. The van der Waals surface area contributed by atoms with Crippen LogP contribution in [0.15, 0.2) is 35.1 Å². The van der Waals surface area contributed by atoms with Crippen molar-refractivity contribution in [2.75, 3.05) is 6.54 Å². The van der Waals surface area contributed by atoms with Gasteiger partial charge in [0, 0.05) is 42.4 Å². The van der Waals surface area contributed by atoms with Crippen LogP contribution in [0.25, 0.3) is 0 Å². The number of benzene rings is 1. The molecule has 0 fully saturated rings. The van der Waals surface area contributed by atoms with Crippen LogP contribution in [0.5, 0.6) is 0 Å². The third kappa shape index (κ3) is 3.58. The van der Waals surface area contributed by atoms with Gasteiger partial charge in [-0.15, -0.1) is 0 Å². The fourth-order valence-corrected chi connectivity index (χ4v) is 2.09. The Morgan fingerprint density at radius 3 is 2.95 bits per heavy atom. The normalized spacial score (nSPS) is 10.5. The van der Waals surface area contributed by atoms with E-state index in [-0.39, 0.29) is 5.91 Å². The van der Waals surface area contributed by atoms with Gasteiger partial charge in [-0.3, -0.25) is 4.79 Å². The second kappa shape index (κ2) is 6.21. The molecule has 1 N–H and O–H groups in total.